The van der Waals surface area contributed by atoms with Crippen LogP contribution in [0.25, 0.3) is 0 Å². The average molecular weight is 750 g/mol. The van der Waals surface area contributed by atoms with E-state index in [4.69, 9.17) is 0 Å². The molecule has 3 amide bonds. The summed E-state index contributed by atoms with van der Waals surface area (Å²) in [5.74, 6) is 1.01. The van der Waals surface area contributed by atoms with E-state index in [0.29, 0.717) is 36.1 Å². The van der Waals surface area contributed by atoms with Crippen LogP contribution in [0.2, 0.25) is 0 Å². The normalized spacial score (nSPS) is 24.0. The molecule has 4 heterocycles. The number of fused-ring (bicyclic) bond motifs is 3. The molecule has 2 N–H and O–H groups in total. The van der Waals surface area contributed by atoms with Crippen molar-refractivity contribution in [3.05, 3.63) is 123 Å². The van der Waals surface area contributed by atoms with Gasteiger partial charge in [0, 0.05) is 81.6 Å². The molecular formula is C47H51N5O4. The topological polar surface area (TPSA) is 96.4 Å². The third-order valence-corrected chi connectivity index (χ3v) is 13.9. The van der Waals surface area contributed by atoms with Gasteiger partial charge in [-0.15, -0.1) is 0 Å². The Morgan fingerprint density at radius 2 is 1.38 bits per heavy atom. The van der Waals surface area contributed by atoms with Gasteiger partial charge in [-0.2, -0.15) is 0 Å². The number of imide groups is 1. The van der Waals surface area contributed by atoms with Gasteiger partial charge >= 0.3 is 0 Å². The number of carbonyl (C=O) groups is 3. The number of nitrogens with zero attached hydrogens (tertiary/aromatic N) is 4. The van der Waals surface area contributed by atoms with Crippen LogP contribution in [0.4, 0.5) is 11.4 Å². The molecule has 0 spiro atoms. The SMILES string of the molecule is O=C1CC[C@H](N2Cc3cc(N4CCN(CC5CCN(c6ccc([C@H]7c8ccc(O)cc8CC[C@H]7c7ccc8c(c7)CC8)cc6)CC5)CC4)ccc3C2=O)C(=O)N1. The Morgan fingerprint density at radius 1 is 0.625 bits per heavy atom. The first-order valence-corrected chi connectivity index (χ1v) is 20.9. The molecule has 3 atom stereocenters. The number of phenols is 1. The highest BCUT2D eigenvalue weighted by molar-refractivity contribution is 6.05. The predicted octanol–water partition coefficient (Wildman–Crippen LogP) is 6.15. The number of carbonyl (C=O) groups excluding carboxylic acids is 3. The maximum Gasteiger partial charge on any atom is 0.255 e. The number of piperazine rings is 1. The summed E-state index contributed by atoms with van der Waals surface area (Å²) in [6.45, 7) is 7.67. The van der Waals surface area contributed by atoms with Crippen molar-refractivity contribution in [2.45, 2.75) is 75.8 Å². The highest BCUT2D eigenvalue weighted by Crippen LogP contribution is 2.48. The average Bonchev–Trinajstić information content (AvgIpc) is 3.53. The summed E-state index contributed by atoms with van der Waals surface area (Å²) < 4.78 is 0. The first-order valence-electron chi connectivity index (χ1n) is 20.9. The van der Waals surface area contributed by atoms with Crippen molar-refractivity contribution in [1.82, 2.24) is 15.1 Å². The molecule has 288 valence electrons. The molecule has 2 aliphatic carbocycles. The molecule has 3 fully saturated rings. The van der Waals surface area contributed by atoms with Gasteiger partial charge in [-0.25, -0.2) is 0 Å². The van der Waals surface area contributed by atoms with Crippen LogP contribution in [0.1, 0.15) is 93.2 Å². The number of piperidine rings is 2. The second kappa shape index (κ2) is 14.4. The standard InChI is InChI=1S/C47H51N5O4/c53-39-11-14-41-35(27-39)7-12-40(34-4-2-31-1-3-33(31)25-34)45(41)32-5-8-37(9-6-32)50-19-17-30(18-20-50)28-49-21-23-51(24-22-49)38-10-13-42-36(26-38)29-52(47(42)56)43-15-16-44(54)48-46(43)55/h2,4-6,8-11,13-14,25-27,30,40,43,45,53H,1,3,7,12,15-24,28-29H2,(H,48,54,55)/t40-,43-,45+/m0/s1. The van der Waals surface area contributed by atoms with Gasteiger partial charge < -0.3 is 19.8 Å². The lowest BCUT2D eigenvalue weighted by atomic mass is 9.68. The molecule has 0 radical (unpaired) electrons. The van der Waals surface area contributed by atoms with Gasteiger partial charge in [0.2, 0.25) is 11.8 Å². The van der Waals surface area contributed by atoms with E-state index in [2.05, 4.69) is 74.6 Å². The van der Waals surface area contributed by atoms with Crippen molar-refractivity contribution in [1.29, 1.82) is 0 Å². The van der Waals surface area contributed by atoms with Gasteiger partial charge in [0.05, 0.1) is 0 Å². The van der Waals surface area contributed by atoms with Crippen LogP contribution in [0.5, 0.6) is 5.75 Å². The summed E-state index contributed by atoms with van der Waals surface area (Å²) in [5, 5.41) is 12.7. The Balaban J connectivity index is 0.737. The number of phenolic OH excluding ortho intramolecular Hbond substituents is 1. The summed E-state index contributed by atoms with van der Waals surface area (Å²) in [6.07, 6.45) is 7.54. The van der Waals surface area contributed by atoms with Crippen molar-refractivity contribution in [2.24, 2.45) is 5.92 Å². The molecule has 0 saturated carbocycles. The van der Waals surface area contributed by atoms with Gasteiger partial charge in [0.15, 0.2) is 0 Å². The molecule has 9 heteroatoms. The molecule has 0 unspecified atom stereocenters. The lowest BCUT2D eigenvalue weighted by molar-refractivity contribution is -0.136. The largest absolute Gasteiger partial charge is 0.508 e. The molecule has 4 aliphatic heterocycles. The summed E-state index contributed by atoms with van der Waals surface area (Å²) in [7, 11) is 0. The monoisotopic (exact) mass is 749 g/mol. The number of benzene rings is 4. The maximum absolute atomic E-state index is 13.2. The Morgan fingerprint density at radius 3 is 2.12 bits per heavy atom. The van der Waals surface area contributed by atoms with Gasteiger partial charge in [-0.1, -0.05) is 36.4 Å². The highest BCUT2D eigenvalue weighted by atomic mass is 16.3. The minimum Gasteiger partial charge on any atom is -0.508 e. The number of amides is 3. The summed E-state index contributed by atoms with van der Waals surface area (Å²) in [4.78, 5) is 46.5. The smallest absolute Gasteiger partial charge is 0.255 e. The summed E-state index contributed by atoms with van der Waals surface area (Å²) >= 11 is 0. The number of nitrogens with one attached hydrogen (secondary N) is 1. The van der Waals surface area contributed by atoms with Gasteiger partial charge in [0.25, 0.3) is 5.91 Å². The minimum absolute atomic E-state index is 0.119. The van der Waals surface area contributed by atoms with Gasteiger partial charge in [0.1, 0.15) is 11.8 Å². The fourth-order valence-corrected chi connectivity index (χ4v) is 10.6. The van der Waals surface area contributed by atoms with Crippen LogP contribution in [-0.2, 0) is 35.4 Å². The van der Waals surface area contributed by atoms with E-state index in [1.54, 1.807) is 4.90 Å². The quantitative estimate of drug-likeness (QED) is 0.219. The third-order valence-electron chi connectivity index (χ3n) is 13.9. The Kier molecular flexibility index (Phi) is 9.08. The molecule has 6 aliphatic rings. The number of anilines is 2. The fraction of sp³-hybridized carbons (Fsp3) is 0.426. The zero-order chi connectivity index (χ0) is 37.9. The third kappa shape index (κ3) is 6.53. The van der Waals surface area contributed by atoms with E-state index >= 15 is 0 Å². The number of aromatic hydroxyl groups is 1. The lowest BCUT2D eigenvalue weighted by Gasteiger charge is -2.40. The van der Waals surface area contributed by atoms with E-state index < -0.39 is 6.04 Å². The molecule has 0 bridgehead atoms. The van der Waals surface area contributed by atoms with Crippen LogP contribution in [-0.4, -0.2) is 84.5 Å². The summed E-state index contributed by atoms with van der Waals surface area (Å²) in [6, 6.07) is 28.1. The van der Waals surface area contributed by atoms with Crippen LogP contribution in [0, 0.1) is 5.92 Å². The number of aryl methyl sites for hydroxylation is 3. The van der Waals surface area contributed by atoms with E-state index in [1.165, 1.54) is 64.8 Å². The highest BCUT2D eigenvalue weighted by Gasteiger charge is 2.39. The van der Waals surface area contributed by atoms with Crippen molar-refractivity contribution in [3.63, 3.8) is 0 Å². The molecule has 10 rings (SSSR count). The molecule has 9 nitrogen and oxygen atoms in total. The van der Waals surface area contributed by atoms with Crippen LogP contribution >= 0.6 is 0 Å². The van der Waals surface area contributed by atoms with Crippen LogP contribution in [0.15, 0.2) is 78.9 Å². The molecular weight excluding hydrogens is 699 g/mol. The van der Waals surface area contributed by atoms with Crippen molar-refractivity contribution < 1.29 is 19.5 Å². The Bertz CT molecular complexity index is 2190. The number of rotatable bonds is 7. The van der Waals surface area contributed by atoms with E-state index in [0.717, 1.165) is 69.9 Å². The molecule has 0 aromatic heterocycles. The second-order valence-corrected chi connectivity index (χ2v) is 17.1. The molecule has 4 aromatic carbocycles. The van der Waals surface area contributed by atoms with Gasteiger partial charge in [-0.3, -0.25) is 24.6 Å². The van der Waals surface area contributed by atoms with Crippen molar-refractivity contribution in [3.8, 4) is 5.75 Å². The first-order chi connectivity index (χ1) is 27.3. The van der Waals surface area contributed by atoms with E-state index in [-0.39, 0.29) is 30.1 Å². The number of hydrogen-bond acceptors (Lipinski definition) is 7. The zero-order valence-corrected chi connectivity index (χ0v) is 32.1. The molecule has 56 heavy (non-hydrogen) atoms. The fourth-order valence-electron chi connectivity index (χ4n) is 10.6. The van der Waals surface area contributed by atoms with Crippen LogP contribution < -0.4 is 15.1 Å². The summed E-state index contributed by atoms with van der Waals surface area (Å²) in [5.41, 5.74) is 12.6. The lowest BCUT2D eigenvalue weighted by Crippen LogP contribution is -2.52. The van der Waals surface area contributed by atoms with Crippen molar-refractivity contribution in [2.75, 3.05) is 55.6 Å². The maximum atomic E-state index is 13.2. The van der Waals surface area contributed by atoms with Crippen molar-refractivity contribution >= 4 is 29.1 Å². The Labute approximate surface area is 329 Å². The minimum atomic E-state index is -0.585. The van der Waals surface area contributed by atoms with Gasteiger partial charge in [-0.05, 0) is 138 Å². The molecule has 3 saturated heterocycles. The van der Waals surface area contributed by atoms with E-state index in [1.807, 2.05) is 24.3 Å². The molecule has 4 aromatic rings. The second-order valence-electron chi connectivity index (χ2n) is 17.1. The van der Waals surface area contributed by atoms with E-state index in [9.17, 15) is 19.5 Å². The number of hydrogen-bond donors (Lipinski definition) is 2. The first kappa shape index (κ1) is 35.3. The van der Waals surface area contributed by atoms with Crippen LogP contribution in [0.3, 0.4) is 0 Å². The zero-order valence-electron chi connectivity index (χ0n) is 32.1. The predicted molar refractivity (Wildman–Crippen MR) is 217 cm³/mol. The Hall–Kier alpha value is -5.15.